The van der Waals surface area contributed by atoms with Crippen molar-refractivity contribution in [3.05, 3.63) is 83.8 Å². The lowest BCUT2D eigenvalue weighted by Crippen LogP contribution is -2.23. The molecule has 0 saturated carbocycles. The number of hydrogen-bond donors (Lipinski definition) is 1. The normalized spacial score (nSPS) is 11.4. The van der Waals surface area contributed by atoms with Gasteiger partial charge in [0.25, 0.3) is 0 Å². The van der Waals surface area contributed by atoms with Crippen LogP contribution in [0.5, 0.6) is 5.75 Å². The molecule has 7 nitrogen and oxygen atoms in total. The largest absolute Gasteiger partial charge is 0.468 e. The smallest absolute Gasteiger partial charge is 0.387 e. The molecular weight excluding hydrogens is 420 g/mol. The summed E-state index contributed by atoms with van der Waals surface area (Å²) in [6, 6.07) is 14.3. The van der Waals surface area contributed by atoms with Gasteiger partial charge in [0.1, 0.15) is 18.1 Å². The molecule has 1 aromatic heterocycles. The van der Waals surface area contributed by atoms with Crippen LogP contribution < -0.4 is 9.46 Å². The third-order valence-corrected chi connectivity index (χ3v) is 5.31. The quantitative estimate of drug-likeness (QED) is 0.513. The van der Waals surface area contributed by atoms with Gasteiger partial charge in [-0.05, 0) is 48.0 Å². The number of benzene rings is 2. The van der Waals surface area contributed by atoms with Gasteiger partial charge in [0, 0.05) is 0 Å². The van der Waals surface area contributed by atoms with Gasteiger partial charge in [-0.3, -0.25) is 0 Å². The zero-order chi connectivity index (χ0) is 21.6. The number of esters is 1. The minimum Gasteiger partial charge on any atom is -0.468 e. The van der Waals surface area contributed by atoms with E-state index < -0.39 is 22.6 Å². The maximum absolute atomic E-state index is 12.4. The maximum atomic E-state index is 12.4. The molecule has 1 N–H and O–H groups in total. The molecule has 0 amide bonds. The zero-order valence-electron chi connectivity index (χ0n) is 15.5. The molecule has 1 heterocycles. The Labute approximate surface area is 171 Å². The lowest BCUT2D eigenvalue weighted by Gasteiger charge is -2.09. The molecule has 3 rings (SSSR count). The van der Waals surface area contributed by atoms with Crippen LogP contribution >= 0.6 is 0 Å². The summed E-state index contributed by atoms with van der Waals surface area (Å²) in [7, 11) is -3.87. The number of carbonyl (C=O) groups excluding carboxylic acids is 1. The monoisotopic (exact) mass is 437 g/mol. The number of hydrogen-bond acceptors (Lipinski definition) is 6. The number of halogens is 2. The van der Waals surface area contributed by atoms with Crippen LogP contribution in [0.1, 0.15) is 21.7 Å². The van der Waals surface area contributed by atoms with Crippen molar-refractivity contribution in [2.75, 3.05) is 0 Å². The Bertz CT molecular complexity index is 1080. The van der Waals surface area contributed by atoms with Gasteiger partial charge in [0.15, 0.2) is 0 Å². The van der Waals surface area contributed by atoms with Crippen LogP contribution in [-0.2, 0) is 27.9 Å². The van der Waals surface area contributed by atoms with E-state index >= 15 is 0 Å². The van der Waals surface area contributed by atoms with E-state index in [9.17, 15) is 22.0 Å². The number of sulfonamides is 1. The molecule has 0 bridgehead atoms. The minimum absolute atomic E-state index is 0.0139. The first-order valence-electron chi connectivity index (χ1n) is 8.66. The number of nitrogens with one attached hydrogen (secondary N) is 1. The Morgan fingerprint density at radius 3 is 2.50 bits per heavy atom. The summed E-state index contributed by atoms with van der Waals surface area (Å²) < 4.78 is 66.0. The van der Waals surface area contributed by atoms with Crippen LogP contribution in [-0.4, -0.2) is 21.0 Å². The number of carbonyl (C=O) groups is 1. The predicted octanol–water partition coefficient (Wildman–Crippen LogP) is 3.72. The second-order valence-corrected chi connectivity index (χ2v) is 7.80. The van der Waals surface area contributed by atoms with E-state index in [4.69, 9.17) is 9.15 Å². The van der Waals surface area contributed by atoms with Gasteiger partial charge in [-0.1, -0.05) is 18.2 Å². The van der Waals surface area contributed by atoms with Gasteiger partial charge in [0.2, 0.25) is 10.0 Å². The Hall–Kier alpha value is -3.24. The lowest BCUT2D eigenvalue weighted by molar-refractivity contribution is -0.0498. The first-order chi connectivity index (χ1) is 14.3. The van der Waals surface area contributed by atoms with Crippen molar-refractivity contribution in [2.45, 2.75) is 24.7 Å². The molecule has 30 heavy (non-hydrogen) atoms. The fourth-order valence-corrected chi connectivity index (χ4v) is 3.49. The van der Waals surface area contributed by atoms with Gasteiger partial charge in [-0.25, -0.2) is 17.9 Å². The molecule has 10 heteroatoms. The van der Waals surface area contributed by atoms with E-state index in [0.29, 0.717) is 11.3 Å². The maximum Gasteiger partial charge on any atom is 0.387 e. The third-order valence-electron chi connectivity index (χ3n) is 3.92. The van der Waals surface area contributed by atoms with Crippen molar-refractivity contribution in [3.63, 3.8) is 0 Å². The van der Waals surface area contributed by atoms with Crippen LogP contribution in [0.15, 0.2) is 76.2 Å². The molecule has 0 spiro atoms. The van der Waals surface area contributed by atoms with Crippen molar-refractivity contribution >= 4 is 16.0 Å². The Morgan fingerprint density at radius 1 is 1.07 bits per heavy atom. The summed E-state index contributed by atoms with van der Waals surface area (Å²) in [6.45, 7) is -3.08. The molecule has 0 aliphatic rings. The molecule has 0 unspecified atom stereocenters. The van der Waals surface area contributed by atoms with Crippen LogP contribution in [0.25, 0.3) is 0 Å². The van der Waals surface area contributed by atoms with Crippen LogP contribution in [0.4, 0.5) is 8.78 Å². The first kappa shape index (κ1) is 21.5. The van der Waals surface area contributed by atoms with E-state index in [2.05, 4.69) is 9.46 Å². The molecule has 0 fully saturated rings. The number of ether oxygens (including phenoxy) is 2. The number of furan rings is 1. The second kappa shape index (κ2) is 9.51. The highest BCUT2D eigenvalue weighted by atomic mass is 32.2. The molecule has 2 aromatic carbocycles. The van der Waals surface area contributed by atoms with Crippen LogP contribution in [0.3, 0.4) is 0 Å². The molecule has 0 saturated heterocycles. The van der Waals surface area contributed by atoms with Gasteiger partial charge < -0.3 is 13.9 Å². The average Bonchev–Trinajstić information content (AvgIpc) is 3.25. The number of alkyl halides is 2. The standard InChI is InChI=1S/C20H17F2NO6S/c21-20(22)29-16-8-6-14(7-9-16)13-28-19(24)15-3-1-5-18(11-15)30(25,26)23-12-17-4-2-10-27-17/h1-11,20,23H,12-13H2. The highest BCUT2D eigenvalue weighted by molar-refractivity contribution is 7.89. The fourth-order valence-electron chi connectivity index (χ4n) is 2.45. The summed E-state index contributed by atoms with van der Waals surface area (Å²) in [6.07, 6.45) is 1.43. The summed E-state index contributed by atoms with van der Waals surface area (Å²) in [4.78, 5) is 12.2. The highest BCUT2D eigenvalue weighted by Crippen LogP contribution is 2.17. The van der Waals surface area contributed by atoms with Gasteiger partial charge in [-0.15, -0.1) is 0 Å². The molecule has 0 radical (unpaired) electrons. The molecule has 0 atom stereocenters. The SMILES string of the molecule is O=C(OCc1ccc(OC(F)F)cc1)c1cccc(S(=O)(=O)NCc2ccco2)c1. The van der Waals surface area contributed by atoms with E-state index in [0.717, 1.165) is 0 Å². The summed E-state index contributed by atoms with van der Waals surface area (Å²) in [5.74, 6) is -0.301. The van der Waals surface area contributed by atoms with E-state index in [-0.39, 0.29) is 29.4 Å². The first-order valence-corrected chi connectivity index (χ1v) is 10.1. The van der Waals surface area contributed by atoms with E-state index in [1.807, 2.05) is 0 Å². The van der Waals surface area contributed by atoms with Gasteiger partial charge >= 0.3 is 12.6 Å². The van der Waals surface area contributed by atoms with E-state index in [1.165, 1.54) is 54.8 Å². The van der Waals surface area contributed by atoms with Crippen molar-refractivity contribution in [1.29, 1.82) is 0 Å². The van der Waals surface area contributed by atoms with Gasteiger partial charge in [0.05, 0.1) is 23.3 Å². The highest BCUT2D eigenvalue weighted by Gasteiger charge is 2.17. The van der Waals surface area contributed by atoms with Crippen molar-refractivity contribution in [1.82, 2.24) is 4.72 Å². The predicted molar refractivity (Wildman–Crippen MR) is 101 cm³/mol. The van der Waals surface area contributed by atoms with E-state index in [1.54, 1.807) is 12.1 Å². The third kappa shape index (κ3) is 5.88. The molecular formula is C20H17F2NO6S. The molecule has 0 aliphatic heterocycles. The average molecular weight is 437 g/mol. The zero-order valence-corrected chi connectivity index (χ0v) is 16.3. The summed E-state index contributed by atoms with van der Waals surface area (Å²) >= 11 is 0. The Morgan fingerprint density at radius 2 is 1.83 bits per heavy atom. The summed E-state index contributed by atoms with van der Waals surface area (Å²) in [5, 5.41) is 0. The lowest BCUT2D eigenvalue weighted by atomic mass is 10.2. The van der Waals surface area contributed by atoms with Gasteiger partial charge in [-0.2, -0.15) is 8.78 Å². The fraction of sp³-hybridized carbons (Fsp3) is 0.150. The Balaban J connectivity index is 1.61. The van der Waals surface area contributed by atoms with Crippen molar-refractivity contribution < 1.29 is 35.9 Å². The number of rotatable bonds is 9. The van der Waals surface area contributed by atoms with Crippen LogP contribution in [0.2, 0.25) is 0 Å². The Kier molecular flexibility index (Phi) is 6.80. The molecule has 3 aromatic rings. The molecule has 158 valence electrons. The second-order valence-electron chi connectivity index (χ2n) is 6.03. The molecule has 0 aliphatic carbocycles. The van der Waals surface area contributed by atoms with Crippen molar-refractivity contribution in [2.24, 2.45) is 0 Å². The van der Waals surface area contributed by atoms with Crippen LogP contribution in [0, 0.1) is 0 Å². The summed E-state index contributed by atoms with van der Waals surface area (Å²) in [5.41, 5.74) is 0.599. The topological polar surface area (TPSA) is 94.8 Å². The minimum atomic E-state index is -3.87. The van der Waals surface area contributed by atoms with Crippen molar-refractivity contribution in [3.8, 4) is 5.75 Å².